The smallest absolute Gasteiger partial charge is 0.272 e. The highest BCUT2D eigenvalue weighted by Gasteiger charge is 2.23. The number of carbonyl (C=O) groups excluding carboxylic acids is 1. The summed E-state index contributed by atoms with van der Waals surface area (Å²) in [5, 5.41) is 14.0. The summed E-state index contributed by atoms with van der Waals surface area (Å²) in [5.74, 6) is 0.711. The molecule has 150 valence electrons. The molecule has 0 bridgehead atoms. The van der Waals surface area contributed by atoms with Gasteiger partial charge in [0.05, 0.1) is 23.9 Å². The van der Waals surface area contributed by atoms with E-state index in [0.29, 0.717) is 22.2 Å². The van der Waals surface area contributed by atoms with Gasteiger partial charge in [0, 0.05) is 12.6 Å². The molecule has 1 aliphatic rings. The van der Waals surface area contributed by atoms with Crippen molar-refractivity contribution in [3.05, 3.63) is 21.8 Å². The predicted octanol–water partition coefficient (Wildman–Crippen LogP) is 2.29. The van der Waals surface area contributed by atoms with E-state index in [1.807, 2.05) is 29.7 Å². The first kappa shape index (κ1) is 19.4. The van der Waals surface area contributed by atoms with Crippen molar-refractivity contribution in [3.63, 3.8) is 0 Å². The number of thiophene rings is 1. The molecule has 4 rings (SSSR count). The fraction of sp³-hybridized carbons (Fsp3) is 0.556. The van der Waals surface area contributed by atoms with Crippen molar-refractivity contribution in [1.82, 2.24) is 24.5 Å². The van der Waals surface area contributed by atoms with Crippen molar-refractivity contribution in [3.8, 4) is 0 Å². The first-order valence-electron chi connectivity index (χ1n) is 9.47. The number of nitrogens with zero attached hydrogens (tertiary/aromatic N) is 4. The van der Waals surface area contributed by atoms with Gasteiger partial charge in [-0.25, -0.2) is 0 Å². The molecular weight excluding hydrogens is 398 g/mol. The van der Waals surface area contributed by atoms with Gasteiger partial charge in [0.25, 0.3) is 5.56 Å². The monoisotopic (exact) mass is 421 g/mol. The van der Waals surface area contributed by atoms with Gasteiger partial charge in [-0.05, 0) is 37.6 Å². The zero-order valence-electron chi connectivity index (χ0n) is 15.9. The minimum Gasteiger partial charge on any atom is -0.376 e. The van der Waals surface area contributed by atoms with E-state index in [-0.39, 0.29) is 29.4 Å². The maximum Gasteiger partial charge on any atom is 0.272 e. The number of ether oxygens (including phenoxy) is 1. The molecule has 8 nitrogen and oxygen atoms in total. The second-order valence-corrected chi connectivity index (χ2v) is 8.83. The normalized spacial score (nSPS) is 18.1. The number of aromatic nitrogens is 4. The fourth-order valence-corrected chi connectivity index (χ4v) is 4.87. The quantitative estimate of drug-likeness (QED) is 0.589. The Bertz CT molecular complexity index is 1050. The van der Waals surface area contributed by atoms with Crippen molar-refractivity contribution >= 4 is 45.0 Å². The molecule has 0 radical (unpaired) electrons. The second-order valence-electron chi connectivity index (χ2n) is 6.97. The molecule has 0 saturated carbocycles. The summed E-state index contributed by atoms with van der Waals surface area (Å²) in [5.41, 5.74) is 0.717. The summed E-state index contributed by atoms with van der Waals surface area (Å²) in [6.07, 6.45) is 2.85. The molecule has 1 N–H and O–H groups in total. The van der Waals surface area contributed by atoms with Crippen LogP contribution >= 0.6 is 23.1 Å². The van der Waals surface area contributed by atoms with Crippen LogP contribution in [0, 0.1) is 0 Å². The summed E-state index contributed by atoms with van der Waals surface area (Å²) in [7, 11) is 0. The Morgan fingerprint density at radius 3 is 3.11 bits per heavy atom. The number of amides is 1. The van der Waals surface area contributed by atoms with Crippen LogP contribution in [0.25, 0.3) is 16.0 Å². The van der Waals surface area contributed by atoms with Gasteiger partial charge in [-0.2, -0.15) is 0 Å². The van der Waals surface area contributed by atoms with E-state index in [1.54, 1.807) is 4.57 Å². The lowest BCUT2D eigenvalue weighted by atomic mass is 10.2. The maximum absolute atomic E-state index is 13.0. The van der Waals surface area contributed by atoms with E-state index in [0.717, 1.165) is 31.4 Å². The van der Waals surface area contributed by atoms with Gasteiger partial charge in [0.2, 0.25) is 11.7 Å². The molecule has 10 heteroatoms. The van der Waals surface area contributed by atoms with Gasteiger partial charge < -0.3 is 10.1 Å². The number of hydrogen-bond acceptors (Lipinski definition) is 7. The van der Waals surface area contributed by atoms with Crippen LogP contribution in [-0.2, 0) is 16.1 Å². The van der Waals surface area contributed by atoms with E-state index < -0.39 is 0 Å². The average Bonchev–Trinajstić information content (AvgIpc) is 3.43. The number of carbonyl (C=O) groups is 1. The Morgan fingerprint density at radius 1 is 1.50 bits per heavy atom. The van der Waals surface area contributed by atoms with Crippen LogP contribution in [-0.4, -0.2) is 49.6 Å². The Morgan fingerprint density at radius 2 is 2.36 bits per heavy atom. The Hall–Kier alpha value is -1.91. The van der Waals surface area contributed by atoms with E-state index in [1.165, 1.54) is 23.1 Å². The molecule has 2 atom stereocenters. The molecule has 0 spiro atoms. The molecule has 2 unspecified atom stereocenters. The van der Waals surface area contributed by atoms with Gasteiger partial charge in [-0.3, -0.25) is 18.6 Å². The van der Waals surface area contributed by atoms with Crippen LogP contribution in [0.2, 0.25) is 0 Å². The lowest BCUT2D eigenvalue weighted by Crippen LogP contribution is -2.33. The molecular formula is C18H23N5O3S2. The van der Waals surface area contributed by atoms with Crippen LogP contribution < -0.4 is 10.9 Å². The SMILES string of the molecule is CCC(C)NC(=O)CSc1nnc2n(CC3CCCO3)c(=O)c3sccc3n12. The lowest BCUT2D eigenvalue weighted by Gasteiger charge is -2.13. The first-order valence-corrected chi connectivity index (χ1v) is 11.3. The lowest BCUT2D eigenvalue weighted by molar-refractivity contribution is -0.119. The van der Waals surface area contributed by atoms with Crippen LogP contribution in [0.1, 0.15) is 33.1 Å². The van der Waals surface area contributed by atoms with E-state index >= 15 is 0 Å². The van der Waals surface area contributed by atoms with Gasteiger partial charge in [0.1, 0.15) is 4.70 Å². The molecule has 3 aromatic heterocycles. The van der Waals surface area contributed by atoms with Crippen molar-refractivity contribution in [2.75, 3.05) is 12.4 Å². The minimum atomic E-state index is -0.0635. The van der Waals surface area contributed by atoms with Crippen LogP contribution in [0.3, 0.4) is 0 Å². The third kappa shape index (κ3) is 3.68. The van der Waals surface area contributed by atoms with E-state index in [9.17, 15) is 9.59 Å². The molecule has 0 aromatic carbocycles. The summed E-state index contributed by atoms with van der Waals surface area (Å²) >= 11 is 2.74. The number of nitrogens with one attached hydrogen (secondary N) is 1. The second kappa shape index (κ2) is 8.22. The van der Waals surface area contributed by atoms with Crippen LogP contribution in [0.15, 0.2) is 21.4 Å². The average molecular weight is 422 g/mol. The Kier molecular flexibility index (Phi) is 5.70. The maximum atomic E-state index is 13.0. The highest BCUT2D eigenvalue weighted by Crippen LogP contribution is 2.25. The van der Waals surface area contributed by atoms with Gasteiger partial charge >= 0.3 is 0 Å². The standard InChI is InChI=1S/C18H23N5O3S2/c1-3-11(2)19-14(24)10-28-18-21-20-17-22(9-12-5-4-7-26-12)16(25)15-13(23(17)18)6-8-27-15/h6,8,11-12H,3-5,7,9-10H2,1-2H3,(H,19,24). The third-order valence-corrected chi connectivity index (χ3v) is 6.77. The number of fused-ring (bicyclic) bond motifs is 3. The Balaban J connectivity index is 1.68. The zero-order valence-corrected chi connectivity index (χ0v) is 17.5. The van der Waals surface area contributed by atoms with Crippen molar-refractivity contribution < 1.29 is 9.53 Å². The number of hydrogen-bond donors (Lipinski definition) is 1. The van der Waals surface area contributed by atoms with Gasteiger partial charge in [0.15, 0.2) is 5.16 Å². The number of thioether (sulfide) groups is 1. The molecule has 1 amide bonds. The topological polar surface area (TPSA) is 90.5 Å². The predicted molar refractivity (Wildman–Crippen MR) is 110 cm³/mol. The molecule has 28 heavy (non-hydrogen) atoms. The van der Waals surface area contributed by atoms with E-state index in [4.69, 9.17) is 4.74 Å². The Labute approximate surface area is 170 Å². The number of rotatable bonds is 7. The van der Waals surface area contributed by atoms with Crippen molar-refractivity contribution in [2.24, 2.45) is 0 Å². The molecule has 4 heterocycles. The third-order valence-electron chi connectivity index (χ3n) is 4.94. The highest BCUT2D eigenvalue weighted by molar-refractivity contribution is 7.99. The van der Waals surface area contributed by atoms with Gasteiger partial charge in [-0.1, -0.05) is 18.7 Å². The fourth-order valence-electron chi connectivity index (χ4n) is 3.30. The summed E-state index contributed by atoms with van der Waals surface area (Å²) in [4.78, 5) is 25.1. The molecule has 3 aromatic rings. The van der Waals surface area contributed by atoms with Crippen molar-refractivity contribution in [1.29, 1.82) is 0 Å². The largest absolute Gasteiger partial charge is 0.376 e. The first-order chi connectivity index (χ1) is 13.6. The molecule has 1 aliphatic heterocycles. The molecule has 1 fully saturated rings. The molecule has 0 aliphatic carbocycles. The zero-order chi connectivity index (χ0) is 19.7. The van der Waals surface area contributed by atoms with Crippen LogP contribution in [0.5, 0.6) is 0 Å². The summed E-state index contributed by atoms with van der Waals surface area (Å²) < 4.78 is 9.92. The van der Waals surface area contributed by atoms with Crippen LogP contribution in [0.4, 0.5) is 0 Å². The molecule has 1 saturated heterocycles. The summed E-state index contributed by atoms with van der Waals surface area (Å²) in [6, 6.07) is 2.04. The minimum absolute atomic E-state index is 0.0213. The highest BCUT2D eigenvalue weighted by atomic mass is 32.2. The summed E-state index contributed by atoms with van der Waals surface area (Å²) in [6.45, 7) is 5.21. The van der Waals surface area contributed by atoms with E-state index in [2.05, 4.69) is 15.5 Å². The van der Waals surface area contributed by atoms with Gasteiger partial charge in [-0.15, -0.1) is 21.5 Å². The van der Waals surface area contributed by atoms with Crippen molar-refractivity contribution in [2.45, 2.75) is 57.0 Å².